The summed E-state index contributed by atoms with van der Waals surface area (Å²) in [6.45, 7) is 0.798. The van der Waals surface area contributed by atoms with Gasteiger partial charge in [0.15, 0.2) is 0 Å². The molecular formula is C12H12N4. The molecule has 0 aliphatic carbocycles. The van der Waals surface area contributed by atoms with Crippen LogP contribution in [0.3, 0.4) is 0 Å². The van der Waals surface area contributed by atoms with Crippen molar-refractivity contribution in [1.29, 1.82) is 0 Å². The van der Waals surface area contributed by atoms with Crippen LogP contribution in [0, 0.1) is 0 Å². The molecule has 0 bridgehead atoms. The SMILES string of the molecule is c1c[nH]c(CNc2ccc3cn[nH]c3c2)c1. The molecule has 3 aromatic rings. The average molecular weight is 212 g/mol. The summed E-state index contributed by atoms with van der Waals surface area (Å²) in [6, 6.07) is 10.2. The molecule has 0 aliphatic heterocycles. The van der Waals surface area contributed by atoms with Crippen molar-refractivity contribution in [2.24, 2.45) is 0 Å². The molecule has 0 atom stereocenters. The maximum Gasteiger partial charge on any atom is 0.0670 e. The highest BCUT2D eigenvalue weighted by Crippen LogP contribution is 2.16. The predicted octanol–water partition coefficient (Wildman–Crippen LogP) is 2.50. The molecule has 0 radical (unpaired) electrons. The van der Waals surface area contributed by atoms with Gasteiger partial charge in [0.05, 0.1) is 18.3 Å². The van der Waals surface area contributed by atoms with E-state index < -0.39 is 0 Å². The van der Waals surface area contributed by atoms with Crippen molar-refractivity contribution in [3.63, 3.8) is 0 Å². The van der Waals surface area contributed by atoms with Gasteiger partial charge in [-0.25, -0.2) is 0 Å². The fourth-order valence-corrected chi connectivity index (χ4v) is 1.72. The Labute approximate surface area is 92.7 Å². The van der Waals surface area contributed by atoms with Gasteiger partial charge in [-0.2, -0.15) is 5.10 Å². The molecule has 0 spiro atoms. The van der Waals surface area contributed by atoms with E-state index >= 15 is 0 Å². The Bertz CT molecular complexity index is 580. The zero-order valence-electron chi connectivity index (χ0n) is 8.70. The quantitative estimate of drug-likeness (QED) is 0.624. The number of nitrogens with zero attached hydrogens (tertiary/aromatic N) is 1. The molecule has 0 unspecified atom stereocenters. The highest BCUT2D eigenvalue weighted by molar-refractivity contribution is 5.81. The minimum absolute atomic E-state index is 0.798. The summed E-state index contributed by atoms with van der Waals surface area (Å²) < 4.78 is 0. The molecule has 0 amide bonds. The number of hydrogen-bond donors (Lipinski definition) is 3. The van der Waals surface area contributed by atoms with E-state index in [2.05, 4.69) is 44.8 Å². The summed E-state index contributed by atoms with van der Waals surface area (Å²) in [5, 5.41) is 11.4. The van der Waals surface area contributed by atoms with Gasteiger partial charge < -0.3 is 10.3 Å². The Morgan fingerprint density at radius 1 is 1.25 bits per heavy atom. The maximum atomic E-state index is 3.99. The predicted molar refractivity (Wildman–Crippen MR) is 64.2 cm³/mol. The third-order valence-electron chi connectivity index (χ3n) is 2.59. The number of hydrogen-bond acceptors (Lipinski definition) is 2. The van der Waals surface area contributed by atoms with Crippen molar-refractivity contribution in [2.45, 2.75) is 6.54 Å². The molecule has 0 saturated carbocycles. The number of aromatic amines is 2. The van der Waals surface area contributed by atoms with Crippen LogP contribution in [0.25, 0.3) is 10.9 Å². The Morgan fingerprint density at radius 3 is 3.12 bits per heavy atom. The van der Waals surface area contributed by atoms with E-state index in [1.54, 1.807) is 0 Å². The highest BCUT2D eigenvalue weighted by atomic mass is 15.1. The van der Waals surface area contributed by atoms with Crippen LogP contribution >= 0.6 is 0 Å². The number of fused-ring (bicyclic) bond motifs is 1. The van der Waals surface area contributed by atoms with Gasteiger partial charge in [0.1, 0.15) is 0 Å². The van der Waals surface area contributed by atoms with Gasteiger partial charge in [-0.05, 0) is 30.3 Å². The minimum Gasteiger partial charge on any atom is -0.379 e. The van der Waals surface area contributed by atoms with Crippen LogP contribution in [0.2, 0.25) is 0 Å². The molecule has 0 saturated heterocycles. The molecule has 3 N–H and O–H groups in total. The molecule has 0 fully saturated rings. The van der Waals surface area contributed by atoms with E-state index in [1.165, 1.54) is 5.69 Å². The van der Waals surface area contributed by atoms with Gasteiger partial charge in [-0.3, -0.25) is 5.10 Å². The van der Waals surface area contributed by atoms with Crippen molar-refractivity contribution in [1.82, 2.24) is 15.2 Å². The monoisotopic (exact) mass is 212 g/mol. The van der Waals surface area contributed by atoms with Gasteiger partial charge in [-0.1, -0.05) is 0 Å². The normalized spacial score (nSPS) is 10.8. The summed E-state index contributed by atoms with van der Waals surface area (Å²) in [7, 11) is 0. The van der Waals surface area contributed by atoms with Gasteiger partial charge in [0.25, 0.3) is 0 Å². The first-order valence-corrected chi connectivity index (χ1v) is 5.21. The second kappa shape index (κ2) is 3.73. The van der Waals surface area contributed by atoms with Gasteiger partial charge >= 0.3 is 0 Å². The number of nitrogens with one attached hydrogen (secondary N) is 3. The molecule has 80 valence electrons. The lowest BCUT2D eigenvalue weighted by Gasteiger charge is -2.04. The molecule has 4 nitrogen and oxygen atoms in total. The molecule has 2 heterocycles. The number of benzene rings is 1. The van der Waals surface area contributed by atoms with Crippen molar-refractivity contribution >= 4 is 16.6 Å². The maximum absolute atomic E-state index is 3.99. The van der Waals surface area contributed by atoms with Crippen LogP contribution < -0.4 is 5.32 Å². The van der Waals surface area contributed by atoms with Crippen molar-refractivity contribution < 1.29 is 0 Å². The van der Waals surface area contributed by atoms with Gasteiger partial charge in [0, 0.05) is 23.0 Å². The topological polar surface area (TPSA) is 56.5 Å². The number of anilines is 1. The number of rotatable bonds is 3. The number of aromatic nitrogens is 3. The fraction of sp³-hybridized carbons (Fsp3) is 0.0833. The molecule has 4 heteroatoms. The summed E-state index contributed by atoms with van der Waals surface area (Å²) in [6.07, 6.45) is 3.75. The van der Waals surface area contributed by atoms with E-state index in [0.29, 0.717) is 0 Å². The molecule has 2 aromatic heterocycles. The smallest absolute Gasteiger partial charge is 0.0670 e. The molecule has 3 rings (SSSR count). The van der Waals surface area contributed by atoms with Gasteiger partial charge in [0.2, 0.25) is 0 Å². The van der Waals surface area contributed by atoms with Crippen LogP contribution in [0.15, 0.2) is 42.7 Å². The van der Waals surface area contributed by atoms with E-state index in [4.69, 9.17) is 0 Å². The van der Waals surface area contributed by atoms with Crippen LogP contribution in [0.4, 0.5) is 5.69 Å². The van der Waals surface area contributed by atoms with Crippen LogP contribution in [0.5, 0.6) is 0 Å². The zero-order valence-corrected chi connectivity index (χ0v) is 8.70. The Kier molecular flexibility index (Phi) is 2.11. The third-order valence-corrected chi connectivity index (χ3v) is 2.59. The molecule has 0 aliphatic rings. The van der Waals surface area contributed by atoms with Crippen molar-refractivity contribution in [3.8, 4) is 0 Å². The summed E-state index contributed by atoms with van der Waals surface area (Å²) in [5.74, 6) is 0. The summed E-state index contributed by atoms with van der Waals surface area (Å²) in [5.41, 5.74) is 3.31. The fourth-order valence-electron chi connectivity index (χ4n) is 1.72. The van der Waals surface area contributed by atoms with Crippen molar-refractivity contribution in [3.05, 3.63) is 48.4 Å². The molecule has 16 heavy (non-hydrogen) atoms. The number of H-pyrrole nitrogens is 2. The van der Waals surface area contributed by atoms with E-state index in [1.807, 2.05) is 18.5 Å². The molecule has 1 aromatic carbocycles. The lowest BCUT2D eigenvalue weighted by Crippen LogP contribution is -1.99. The van der Waals surface area contributed by atoms with E-state index in [0.717, 1.165) is 23.1 Å². The Balaban J connectivity index is 1.78. The second-order valence-corrected chi connectivity index (χ2v) is 3.72. The Morgan fingerprint density at radius 2 is 2.25 bits per heavy atom. The van der Waals surface area contributed by atoms with Crippen LogP contribution in [0.1, 0.15) is 5.69 Å². The Hall–Kier alpha value is -2.23. The lowest BCUT2D eigenvalue weighted by atomic mass is 10.2. The standard InChI is InChI=1S/C12H12N4/c1-2-11(13-5-1)8-14-10-4-3-9-7-15-16-12(9)6-10/h1-7,13-14H,8H2,(H,15,16). The first-order chi connectivity index (χ1) is 7.92. The molecular weight excluding hydrogens is 200 g/mol. The first kappa shape index (κ1) is 9.03. The summed E-state index contributed by atoms with van der Waals surface area (Å²) in [4.78, 5) is 3.16. The largest absolute Gasteiger partial charge is 0.379 e. The zero-order chi connectivity index (χ0) is 10.8. The second-order valence-electron chi connectivity index (χ2n) is 3.72. The van der Waals surface area contributed by atoms with E-state index in [-0.39, 0.29) is 0 Å². The van der Waals surface area contributed by atoms with Crippen LogP contribution in [-0.4, -0.2) is 15.2 Å². The lowest BCUT2D eigenvalue weighted by molar-refractivity contribution is 1.07. The summed E-state index contributed by atoms with van der Waals surface area (Å²) >= 11 is 0. The highest BCUT2D eigenvalue weighted by Gasteiger charge is 1.98. The van der Waals surface area contributed by atoms with E-state index in [9.17, 15) is 0 Å². The van der Waals surface area contributed by atoms with Gasteiger partial charge in [-0.15, -0.1) is 0 Å². The third kappa shape index (κ3) is 1.65. The average Bonchev–Trinajstić information content (AvgIpc) is 2.97. The first-order valence-electron chi connectivity index (χ1n) is 5.21. The van der Waals surface area contributed by atoms with Crippen LogP contribution in [-0.2, 0) is 6.54 Å². The van der Waals surface area contributed by atoms with Crippen molar-refractivity contribution in [2.75, 3.05) is 5.32 Å². The minimum atomic E-state index is 0.798.